The van der Waals surface area contributed by atoms with E-state index in [2.05, 4.69) is 25.4 Å². The first-order chi connectivity index (χ1) is 30.6. The van der Waals surface area contributed by atoms with Crippen molar-refractivity contribution in [1.29, 1.82) is 0 Å². The predicted molar refractivity (Wildman–Crippen MR) is 230 cm³/mol. The first-order valence-electron chi connectivity index (χ1n) is 20.8. The zero-order valence-electron chi connectivity index (χ0n) is 34.6. The largest absolute Gasteiger partial charge is 0.445 e. The lowest BCUT2D eigenvalue weighted by molar-refractivity contribution is -0.133. The second-order valence-corrected chi connectivity index (χ2v) is 16.0. The van der Waals surface area contributed by atoms with Crippen molar-refractivity contribution in [3.63, 3.8) is 0 Å². The van der Waals surface area contributed by atoms with Crippen LogP contribution in [0.4, 0.5) is 20.6 Å². The molecule has 328 valence electrons. The van der Waals surface area contributed by atoms with E-state index in [1.54, 1.807) is 47.5 Å². The minimum Gasteiger partial charge on any atom is -0.445 e. The molecular formula is C45H48FN9O8. The monoisotopic (exact) mass is 861 g/mol. The minimum atomic E-state index is -0.710. The molecule has 0 unspecified atom stereocenters. The number of halogens is 1. The summed E-state index contributed by atoms with van der Waals surface area (Å²) < 4.78 is 31.7. The fraction of sp³-hybridized carbons (Fsp3) is 0.356. The molecule has 4 N–H and O–H groups in total. The van der Waals surface area contributed by atoms with Gasteiger partial charge in [-0.3, -0.25) is 24.1 Å². The molecule has 0 atom stereocenters. The molecule has 63 heavy (non-hydrogen) atoms. The summed E-state index contributed by atoms with van der Waals surface area (Å²) in [5.41, 5.74) is 9.22. The predicted octanol–water partition coefficient (Wildman–Crippen LogP) is 2.84. The fourth-order valence-corrected chi connectivity index (χ4v) is 7.93. The lowest BCUT2D eigenvalue weighted by Gasteiger charge is -2.55. The number of aromatic nitrogens is 3. The Morgan fingerprint density at radius 2 is 1.63 bits per heavy atom. The zero-order valence-corrected chi connectivity index (χ0v) is 34.6. The highest BCUT2D eigenvalue weighted by atomic mass is 19.1. The van der Waals surface area contributed by atoms with Gasteiger partial charge in [0.15, 0.2) is 5.69 Å². The normalized spacial score (nSPS) is 15.4. The number of benzene rings is 3. The number of carbonyl (C=O) groups is 4. The highest BCUT2D eigenvalue weighted by molar-refractivity contribution is 5.97. The van der Waals surface area contributed by atoms with Gasteiger partial charge in [-0.05, 0) is 35.4 Å². The standard InChI is InChI=1S/C45H48FN9O8/c46-36-11-10-31(21-38-33-8-4-5-9-34(33)41(57)51-50-38)20-35(36)43(59)53-15-13-52(14-16-53)39(56)24-54(44(60)63-25-30-6-2-1-3-7-30)17-19-61-18-12-48-42(58)40-37(47)22-32(23-49-40)55-26-45(27-55)28-62-29-45/h1-11,20,22-23H,12-19,21,24-29,47H2,(H,48,58)(H,51,57). The van der Waals surface area contributed by atoms with Crippen LogP contribution in [0.3, 0.4) is 0 Å². The summed E-state index contributed by atoms with van der Waals surface area (Å²) in [6.45, 7) is 3.90. The third-order valence-corrected chi connectivity index (χ3v) is 11.5. The molecule has 0 aliphatic carbocycles. The molecule has 3 aliphatic rings. The van der Waals surface area contributed by atoms with E-state index in [1.165, 1.54) is 21.9 Å². The molecule has 3 aromatic carbocycles. The summed E-state index contributed by atoms with van der Waals surface area (Å²) >= 11 is 0. The SMILES string of the molecule is Nc1cc(N2CC3(COC3)C2)cnc1C(=O)NCCOCCN(CC(=O)N1CCN(C(=O)c2cc(Cc3n[nH]c(=O)c4ccccc34)ccc2F)CC1)C(=O)OCc1ccccc1. The van der Waals surface area contributed by atoms with Gasteiger partial charge in [-0.2, -0.15) is 5.10 Å². The molecule has 3 saturated heterocycles. The van der Waals surface area contributed by atoms with Crippen LogP contribution in [-0.2, 0) is 32.0 Å². The van der Waals surface area contributed by atoms with E-state index in [1.807, 2.05) is 30.3 Å². The number of aromatic amines is 1. The molecule has 0 radical (unpaired) electrons. The molecule has 3 aliphatic heterocycles. The van der Waals surface area contributed by atoms with Crippen molar-refractivity contribution in [1.82, 2.24) is 35.2 Å². The van der Waals surface area contributed by atoms with Crippen LogP contribution in [0.1, 0.15) is 37.7 Å². The van der Waals surface area contributed by atoms with Crippen molar-refractivity contribution in [2.75, 3.05) is 96.0 Å². The molecule has 0 saturated carbocycles. The molecular weight excluding hydrogens is 814 g/mol. The van der Waals surface area contributed by atoms with Gasteiger partial charge in [0.05, 0.1) is 66.1 Å². The van der Waals surface area contributed by atoms with Crippen molar-refractivity contribution in [2.45, 2.75) is 13.0 Å². The summed E-state index contributed by atoms with van der Waals surface area (Å²) in [5, 5.41) is 10.6. The molecule has 0 bridgehead atoms. The number of nitrogen functional groups attached to an aromatic ring is 1. The number of hydrogen-bond donors (Lipinski definition) is 3. The number of nitrogens with one attached hydrogen (secondary N) is 2. The molecule has 5 heterocycles. The van der Waals surface area contributed by atoms with Gasteiger partial charge in [0.2, 0.25) is 5.91 Å². The Labute approximate surface area is 361 Å². The fourth-order valence-electron chi connectivity index (χ4n) is 7.93. The van der Waals surface area contributed by atoms with Gasteiger partial charge in [-0.25, -0.2) is 19.3 Å². The van der Waals surface area contributed by atoms with Gasteiger partial charge in [-0.15, -0.1) is 0 Å². The Morgan fingerprint density at radius 3 is 2.37 bits per heavy atom. The second-order valence-electron chi connectivity index (χ2n) is 16.0. The number of nitrogens with two attached hydrogens (primary N) is 1. The molecule has 4 amide bonds. The van der Waals surface area contributed by atoms with Crippen LogP contribution in [-0.4, -0.2) is 139 Å². The Kier molecular flexibility index (Phi) is 12.9. The Hall–Kier alpha value is -6.92. The highest BCUT2D eigenvalue weighted by Gasteiger charge is 2.49. The number of amides is 4. The van der Waals surface area contributed by atoms with Crippen LogP contribution in [0.25, 0.3) is 10.8 Å². The first-order valence-corrected chi connectivity index (χ1v) is 20.8. The molecule has 17 nitrogen and oxygen atoms in total. The maximum atomic E-state index is 15.1. The smallest absolute Gasteiger partial charge is 0.410 e. The lowest BCUT2D eigenvalue weighted by Crippen LogP contribution is -2.66. The molecule has 5 aromatic rings. The van der Waals surface area contributed by atoms with Gasteiger partial charge in [0.1, 0.15) is 19.0 Å². The van der Waals surface area contributed by atoms with Crippen molar-refractivity contribution < 1.29 is 37.8 Å². The van der Waals surface area contributed by atoms with Gasteiger partial charge in [0.25, 0.3) is 17.4 Å². The van der Waals surface area contributed by atoms with Crippen LogP contribution in [0.5, 0.6) is 0 Å². The number of piperazine rings is 1. The molecule has 2 aromatic heterocycles. The van der Waals surface area contributed by atoms with Crippen LogP contribution in [0.2, 0.25) is 0 Å². The lowest BCUT2D eigenvalue weighted by atomic mass is 9.78. The van der Waals surface area contributed by atoms with Gasteiger partial charge in [0, 0.05) is 64.2 Å². The maximum absolute atomic E-state index is 15.1. The summed E-state index contributed by atoms with van der Waals surface area (Å²) in [6.07, 6.45) is 1.18. The van der Waals surface area contributed by atoms with Crippen molar-refractivity contribution in [3.8, 4) is 0 Å². The quantitative estimate of drug-likeness (QED) is 0.130. The van der Waals surface area contributed by atoms with E-state index >= 15 is 4.39 Å². The Morgan fingerprint density at radius 1 is 0.905 bits per heavy atom. The molecule has 18 heteroatoms. The van der Waals surface area contributed by atoms with E-state index in [4.69, 9.17) is 19.9 Å². The van der Waals surface area contributed by atoms with E-state index in [9.17, 15) is 24.0 Å². The molecule has 3 fully saturated rings. The summed E-state index contributed by atoms with van der Waals surface area (Å²) in [6, 6.07) is 22.2. The van der Waals surface area contributed by atoms with E-state index in [0.29, 0.717) is 22.0 Å². The number of anilines is 2. The van der Waals surface area contributed by atoms with Crippen LogP contribution in [0, 0.1) is 11.2 Å². The van der Waals surface area contributed by atoms with Crippen LogP contribution in [0.15, 0.2) is 89.9 Å². The summed E-state index contributed by atoms with van der Waals surface area (Å²) in [7, 11) is 0. The van der Waals surface area contributed by atoms with Crippen molar-refractivity contribution in [2.24, 2.45) is 5.41 Å². The number of fused-ring (bicyclic) bond motifs is 1. The topological polar surface area (TPSA) is 206 Å². The van der Waals surface area contributed by atoms with Crippen LogP contribution < -0.4 is 21.5 Å². The third-order valence-electron chi connectivity index (χ3n) is 11.5. The van der Waals surface area contributed by atoms with E-state index in [0.717, 1.165) is 37.6 Å². The Bertz CT molecular complexity index is 2540. The van der Waals surface area contributed by atoms with Crippen molar-refractivity contribution >= 4 is 46.0 Å². The summed E-state index contributed by atoms with van der Waals surface area (Å²) in [5.74, 6) is -2.00. The number of ether oxygens (including phenoxy) is 3. The molecule has 8 rings (SSSR count). The average Bonchev–Trinajstić information content (AvgIpc) is 3.27. The number of pyridine rings is 1. The highest BCUT2D eigenvalue weighted by Crippen LogP contribution is 2.40. The third kappa shape index (κ3) is 9.92. The summed E-state index contributed by atoms with van der Waals surface area (Å²) in [4.78, 5) is 76.4. The minimum absolute atomic E-state index is 0.000317. The zero-order chi connectivity index (χ0) is 43.9. The van der Waals surface area contributed by atoms with E-state index < -0.39 is 23.7 Å². The number of hydrogen-bond acceptors (Lipinski definition) is 12. The number of carbonyl (C=O) groups excluding carboxylic acids is 4. The number of rotatable bonds is 15. The second kappa shape index (κ2) is 19.0. The van der Waals surface area contributed by atoms with Gasteiger partial charge >= 0.3 is 6.09 Å². The average molecular weight is 862 g/mol. The Balaban J connectivity index is 0.816. The van der Waals surface area contributed by atoms with Gasteiger partial charge < -0.3 is 40.0 Å². The number of H-pyrrole nitrogens is 1. The van der Waals surface area contributed by atoms with Crippen LogP contribution >= 0.6 is 0 Å². The van der Waals surface area contributed by atoms with Crippen molar-refractivity contribution in [3.05, 3.63) is 129 Å². The van der Waals surface area contributed by atoms with E-state index in [-0.39, 0.29) is 106 Å². The first kappa shape index (κ1) is 42.8. The van der Waals surface area contributed by atoms with Gasteiger partial charge in [-0.1, -0.05) is 54.6 Å². The maximum Gasteiger partial charge on any atom is 0.410 e. The molecule has 1 spiro atoms. The number of nitrogens with zero attached hydrogens (tertiary/aromatic N) is 6.